The molecule has 0 fully saturated rings. The molecule has 0 nitrogen and oxygen atoms in total. The second-order valence-electron chi connectivity index (χ2n) is 12.1. The normalized spacial score (nSPS) is 18.2. The van der Waals surface area contributed by atoms with Gasteiger partial charge in [-0.1, -0.05) is 159 Å². The molecule has 0 N–H and O–H groups in total. The second-order valence-corrected chi connectivity index (χ2v) is 12.1. The van der Waals surface area contributed by atoms with E-state index in [9.17, 15) is 0 Å². The molecule has 1 aliphatic carbocycles. The molecule has 0 saturated carbocycles. The minimum Gasteiger partial charge on any atom is -0.106 e. The van der Waals surface area contributed by atoms with E-state index in [0.717, 1.165) is 6.42 Å². The van der Waals surface area contributed by atoms with Crippen molar-refractivity contribution >= 4 is 43.5 Å². The van der Waals surface area contributed by atoms with Crippen LogP contribution < -0.4 is 10.4 Å². The van der Waals surface area contributed by atoms with Crippen LogP contribution in [0.25, 0.3) is 54.6 Å². The van der Waals surface area contributed by atoms with Crippen LogP contribution >= 0.6 is 0 Å². The Morgan fingerprint density at radius 2 is 1.15 bits per heavy atom. The van der Waals surface area contributed by atoms with Crippen molar-refractivity contribution in [1.82, 2.24) is 0 Å². The Labute approximate surface area is 277 Å². The predicted molar refractivity (Wildman–Crippen MR) is 205 cm³/mol. The van der Waals surface area contributed by atoms with Crippen LogP contribution in [0.1, 0.15) is 24.5 Å². The van der Waals surface area contributed by atoms with Gasteiger partial charge in [0.2, 0.25) is 0 Å². The van der Waals surface area contributed by atoms with Crippen molar-refractivity contribution < 1.29 is 0 Å². The summed E-state index contributed by atoms with van der Waals surface area (Å²) in [6.45, 7) is 8.33. The van der Waals surface area contributed by atoms with Crippen molar-refractivity contribution in [2.75, 3.05) is 0 Å². The van der Waals surface area contributed by atoms with Gasteiger partial charge in [-0.25, -0.2) is 0 Å². The van der Waals surface area contributed by atoms with Crippen LogP contribution in [0.2, 0.25) is 0 Å². The topological polar surface area (TPSA) is 0 Å². The lowest BCUT2D eigenvalue weighted by Crippen LogP contribution is -2.32. The Hall–Kier alpha value is -5.72. The Kier molecular flexibility index (Phi) is 8.50. The lowest BCUT2D eigenvalue weighted by Gasteiger charge is -2.18. The predicted octanol–water partition coefficient (Wildman–Crippen LogP) is 11.2. The zero-order valence-corrected chi connectivity index (χ0v) is 26.9. The van der Waals surface area contributed by atoms with Gasteiger partial charge in [-0.2, -0.15) is 0 Å². The molecule has 0 saturated heterocycles. The molecule has 1 aliphatic rings. The number of fused-ring (bicyclic) bond motifs is 5. The Morgan fingerprint density at radius 3 is 1.96 bits per heavy atom. The minimum atomic E-state index is 0.218. The molecule has 0 radical (unpaired) electrons. The first-order valence-corrected chi connectivity index (χ1v) is 16.4. The Balaban J connectivity index is 0.00000172. The molecular formula is C47H38. The van der Waals surface area contributed by atoms with Crippen molar-refractivity contribution in [3.63, 3.8) is 0 Å². The molecular weight excluding hydrogens is 565 g/mol. The summed E-state index contributed by atoms with van der Waals surface area (Å²) in [5, 5.41) is 10.3. The first-order chi connectivity index (χ1) is 23.2. The zero-order valence-electron chi connectivity index (χ0n) is 26.9. The van der Waals surface area contributed by atoms with Crippen LogP contribution in [0.4, 0.5) is 0 Å². The maximum Gasteiger partial charge on any atom is 0.000478 e. The fraction of sp³-hybridized carbons (Fsp3) is 0.0638. The zero-order chi connectivity index (χ0) is 32.2. The molecule has 1 atom stereocenters. The average Bonchev–Trinajstić information content (AvgIpc) is 3.14. The summed E-state index contributed by atoms with van der Waals surface area (Å²) in [5.74, 6) is 0.218. The average molecular weight is 603 g/mol. The molecule has 0 aromatic heterocycles. The minimum absolute atomic E-state index is 0.218. The van der Waals surface area contributed by atoms with Crippen molar-refractivity contribution in [3.8, 4) is 11.1 Å². The molecule has 226 valence electrons. The highest BCUT2D eigenvalue weighted by atomic mass is 14.2. The van der Waals surface area contributed by atoms with Crippen LogP contribution in [0.15, 0.2) is 183 Å². The van der Waals surface area contributed by atoms with Crippen LogP contribution in [-0.2, 0) is 0 Å². The van der Waals surface area contributed by atoms with Gasteiger partial charge in [0, 0.05) is 5.92 Å². The number of allylic oxidation sites excluding steroid dienone is 4. The van der Waals surface area contributed by atoms with E-state index >= 15 is 0 Å². The molecule has 0 heteroatoms. The van der Waals surface area contributed by atoms with Crippen molar-refractivity contribution in [3.05, 3.63) is 205 Å². The SMILES string of the molecule is C=C.CC1/C=C\C=C/C/C(c2ccc3ccccc3c2)=c2/ccc(-c3cc4ccccc4c4ccccc34)c/c2=C/1c1ccccc1. The molecule has 47 heavy (non-hydrogen) atoms. The number of hydrogen-bond donors (Lipinski definition) is 0. The van der Waals surface area contributed by atoms with E-state index < -0.39 is 0 Å². The molecule has 7 aromatic rings. The van der Waals surface area contributed by atoms with E-state index in [2.05, 4.69) is 190 Å². The maximum atomic E-state index is 3.00. The fourth-order valence-electron chi connectivity index (χ4n) is 7.12. The van der Waals surface area contributed by atoms with Gasteiger partial charge in [0.25, 0.3) is 0 Å². The van der Waals surface area contributed by atoms with Gasteiger partial charge in [0.15, 0.2) is 0 Å². The smallest absolute Gasteiger partial charge is 0.000478 e. The number of rotatable bonds is 3. The van der Waals surface area contributed by atoms with E-state index in [1.165, 1.54) is 76.2 Å². The largest absolute Gasteiger partial charge is 0.106 e. The number of benzene rings is 7. The van der Waals surface area contributed by atoms with E-state index in [1.807, 2.05) is 0 Å². The summed E-state index contributed by atoms with van der Waals surface area (Å²) in [4.78, 5) is 0. The summed E-state index contributed by atoms with van der Waals surface area (Å²) in [6.07, 6.45) is 9.92. The molecule has 0 amide bonds. The van der Waals surface area contributed by atoms with E-state index in [0.29, 0.717) is 0 Å². The highest BCUT2D eigenvalue weighted by Crippen LogP contribution is 2.35. The number of hydrogen-bond acceptors (Lipinski definition) is 0. The van der Waals surface area contributed by atoms with Gasteiger partial charge in [-0.15, -0.1) is 13.2 Å². The Bertz CT molecular complexity index is 2420. The van der Waals surface area contributed by atoms with Crippen molar-refractivity contribution in [2.24, 2.45) is 5.92 Å². The van der Waals surface area contributed by atoms with E-state index in [-0.39, 0.29) is 5.92 Å². The van der Waals surface area contributed by atoms with Crippen LogP contribution in [0, 0.1) is 5.92 Å². The molecule has 1 unspecified atom stereocenters. The van der Waals surface area contributed by atoms with Gasteiger partial charge < -0.3 is 0 Å². The Morgan fingerprint density at radius 1 is 0.489 bits per heavy atom. The summed E-state index contributed by atoms with van der Waals surface area (Å²) in [5.41, 5.74) is 7.74. The van der Waals surface area contributed by atoms with E-state index in [1.54, 1.807) is 0 Å². The van der Waals surface area contributed by atoms with Crippen molar-refractivity contribution in [2.45, 2.75) is 13.3 Å². The molecule has 0 aliphatic heterocycles. The van der Waals surface area contributed by atoms with Crippen LogP contribution in [0.5, 0.6) is 0 Å². The maximum absolute atomic E-state index is 3.00. The van der Waals surface area contributed by atoms with Crippen LogP contribution in [0.3, 0.4) is 0 Å². The molecule has 0 spiro atoms. The molecule has 7 aromatic carbocycles. The standard InChI is InChI=1S/C45H34.C2H4/c1-31-14-4-2-7-20-39(36-25-24-32-15-8-9-18-34(32)28-36)42-27-26-37(30-44(42)45(31)33-16-5-3-6-17-33)43-29-35-19-10-11-21-38(35)40-22-12-13-23-41(40)43;1-2/h2-19,21-31H,20H2,1H3;1-2H2/b7-2-,14-4-,42-39+,45-44+;. The fourth-order valence-corrected chi connectivity index (χ4v) is 7.12. The van der Waals surface area contributed by atoms with Gasteiger partial charge in [0.05, 0.1) is 0 Å². The highest BCUT2D eigenvalue weighted by Gasteiger charge is 2.15. The molecule has 8 rings (SSSR count). The highest BCUT2D eigenvalue weighted by molar-refractivity contribution is 6.13. The summed E-state index contributed by atoms with van der Waals surface area (Å²) in [6, 6.07) is 53.7. The molecule has 0 bridgehead atoms. The van der Waals surface area contributed by atoms with Gasteiger partial charge in [-0.3, -0.25) is 0 Å². The lowest BCUT2D eigenvalue weighted by atomic mass is 9.86. The monoisotopic (exact) mass is 602 g/mol. The first kappa shape index (κ1) is 30.0. The summed E-state index contributed by atoms with van der Waals surface area (Å²) < 4.78 is 0. The first-order valence-electron chi connectivity index (χ1n) is 16.4. The van der Waals surface area contributed by atoms with E-state index in [4.69, 9.17) is 0 Å². The van der Waals surface area contributed by atoms with Gasteiger partial charge in [-0.05, 0) is 101 Å². The third-order valence-corrected chi connectivity index (χ3v) is 9.32. The van der Waals surface area contributed by atoms with Crippen molar-refractivity contribution in [1.29, 1.82) is 0 Å². The quantitative estimate of drug-likeness (QED) is 0.139. The third-order valence-electron chi connectivity index (χ3n) is 9.32. The van der Waals surface area contributed by atoms with Gasteiger partial charge >= 0.3 is 0 Å². The summed E-state index contributed by atoms with van der Waals surface area (Å²) in [7, 11) is 0. The van der Waals surface area contributed by atoms with Crippen LogP contribution in [-0.4, -0.2) is 0 Å². The molecule has 0 heterocycles. The van der Waals surface area contributed by atoms with Gasteiger partial charge in [0.1, 0.15) is 0 Å². The second kappa shape index (κ2) is 13.3. The third kappa shape index (κ3) is 5.75. The summed E-state index contributed by atoms with van der Waals surface area (Å²) >= 11 is 0. The lowest BCUT2D eigenvalue weighted by molar-refractivity contribution is 0.954.